The third-order valence-electron chi connectivity index (χ3n) is 4.42. The van der Waals surface area contributed by atoms with Gasteiger partial charge in [-0.05, 0) is 44.2 Å². The fraction of sp³-hybridized carbons (Fsp3) is 0.562. The first kappa shape index (κ1) is 12.5. The van der Waals surface area contributed by atoms with Gasteiger partial charge in [0.1, 0.15) is 0 Å². The van der Waals surface area contributed by atoms with Gasteiger partial charge in [0.2, 0.25) is 0 Å². The summed E-state index contributed by atoms with van der Waals surface area (Å²) in [5.41, 5.74) is 2.39. The van der Waals surface area contributed by atoms with Crippen LogP contribution in [0.25, 0.3) is 0 Å². The summed E-state index contributed by atoms with van der Waals surface area (Å²) in [6.45, 7) is 2.14. The second-order valence-corrected chi connectivity index (χ2v) is 5.82. The minimum atomic E-state index is 0.0894. The van der Waals surface area contributed by atoms with Crippen molar-refractivity contribution in [1.29, 1.82) is 0 Å². The molecule has 3 heteroatoms. The SMILES string of the molecule is CC1CCc2ccccc2N1C(=O)NC1CCCC1. The molecule has 0 aromatic heterocycles. The fourth-order valence-corrected chi connectivity index (χ4v) is 3.31. The topological polar surface area (TPSA) is 32.3 Å². The molecule has 0 spiro atoms. The van der Waals surface area contributed by atoms with Crippen molar-refractivity contribution in [3.8, 4) is 0 Å². The molecule has 2 amide bonds. The van der Waals surface area contributed by atoms with Crippen LogP contribution in [0, 0.1) is 0 Å². The normalized spacial score (nSPS) is 23.2. The Morgan fingerprint density at radius 3 is 2.74 bits per heavy atom. The van der Waals surface area contributed by atoms with E-state index in [0.29, 0.717) is 6.04 Å². The summed E-state index contributed by atoms with van der Waals surface area (Å²) in [7, 11) is 0. The maximum atomic E-state index is 12.5. The molecule has 102 valence electrons. The van der Waals surface area contributed by atoms with Crippen molar-refractivity contribution < 1.29 is 4.79 Å². The number of carbonyl (C=O) groups is 1. The predicted molar refractivity (Wildman–Crippen MR) is 77.5 cm³/mol. The molecule has 0 saturated heterocycles. The number of anilines is 1. The Morgan fingerprint density at radius 2 is 1.95 bits per heavy atom. The lowest BCUT2D eigenvalue weighted by atomic mass is 9.97. The Bertz CT molecular complexity index is 466. The number of fused-ring (bicyclic) bond motifs is 1. The lowest BCUT2D eigenvalue weighted by Gasteiger charge is -2.36. The number of hydrogen-bond acceptors (Lipinski definition) is 1. The standard InChI is InChI=1S/C16H22N2O/c1-12-10-11-13-6-2-5-9-15(13)18(12)16(19)17-14-7-3-4-8-14/h2,5-6,9,12,14H,3-4,7-8,10-11H2,1H3,(H,17,19). The minimum absolute atomic E-state index is 0.0894. The third-order valence-corrected chi connectivity index (χ3v) is 4.42. The van der Waals surface area contributed by atoms with Gasteiger partial charge in [-0.15, -0.1) is 0 Å². The monoisotopic (exact) mass is 258 g/mol. The first-order chi connectivity index (χ1) is 9.25. The number of para-hydroxylation sites is 1. The Morgan fingerprint density at radius 1 is 1.21 bits per heavy atom. The zero-order chi connectivity index (χ0) is 13.2. The largest absolute Gasteiger partial charge is 0.335 e. The number of urea groups is 1. The molecule has 0 radical (unpaired) electrons. The quantitative estimate of drug-likeness (QED) is 0.821. The van der Waals surface area contributed by atoms with Gasteiger partial charge in [-0.25, -0.2) is 4.79 Å². The molecule has 1 atom stereocenters. The van der Waals surface area contributed by atoms with Crippen molar-refractivity contribution in [3.05, 3.63) is 29.8 Å². The van der Waals surface area contributed by atoms with Crippen LogP contribution < -0.4 is 10.2 Å². The predicted octanol–water partition coefficient (Wildman–Crippen LogP) is 3.48. The van der Waals surface area contributed by atoms with Gasteiger partial charge in [-0.2, -0.15) is 0 Å². The summed E-state index contributed by atoms with van der Waals surface area (Å²) in [6.07, 6.45) is 6.89. The second kappa shape index (κ2) is 5.24. The van der Waals surface area contributed by atoms with E-state index in [2.05, 4.69) is 30.4 Å². The highest BCUT2D eigenvalue weighted by molar-refractivity contribution is 5.94. The summed E-state index contributed by atoms with van der Waals surface area (Å²) in [5, 5.41) is 3.21. The molecule has 1 fully saturated rings. The molecule has 1 saturated carbocycles. The molecule has 1 aromatic rings. The molecular weight excluding hydrogens is 236 g/mol. The summed E-state index contributed by atoms with van der Waals surface area (Å²) in [5.74, 6) is 0. The van der Waals surface area contributed by atoms with Gasteiger partial charge < -0.3 is 5.32 Å². The average Bonchev–Trinajstić information content (AvgIpc) is 2.91. The van der Waals surface area contributed by atoms with Gasteiger partial charge in [-0.1, -0.05) is 31.0 Å². The number of benzene rings is 1. The van der Waals surface area contributed by atoms with Crippen molar-refractivity contribution in [3.63, 3.8) is 0 Å². The summed E-state index contributed by atoms with van der Waals surface area (Å²) in [6, 6.07) is 9.04. The zero-order valence-electron chi connectivity index (χ0n) is 11.6. The van der Waals surface area contributed by atoms with Gasteiger partial charge in [0.05, 0.1) is 0 Å². The van der Waals surface area contributed by atoms with Gasteiger partial charge in [0.25, 0.3) is 0 Å². The van der Waals surface area contributed by atoms with E-state index in [1.807, 2.05) is 11.0 Å². The Balaban J connectivity index is 1.80. The van der Waals surface area contributed by atoms with Crippen molar-refractivity contribution in [1.82, 2.24) is 5.32 Å². The van der Waals surface area contributed by atoms with Crippen LogP contribution in [0.15, 0.2) is 24.3 Å². The van der Waals surface area contributed by atoms with Crippen LogP contribution in [0.5, 0.6) is 0 Å². The molecule has 2 aliphatic rings. The van der Waals surface area contributed by atoms with Crippen LogP contribution >= 0.6 is 0 Å². The molecule has 1 N–H and O–H groups in total. The number of nitrogens with one attached hydrogen (secondary N) is 1. The van der Waals surface area contributed by atoms with Crippen LogP contribution in [0.3, 0.4) is 0 Å². The fourth-order valence-electron chi connectivity index (χ4n) is 3.31. The Labute approximate surface area is 115 Å². The molecular formula is C16H22N2O. The van der Waals surface area contributed by atoms with E-state index >= 15 is 0 Å². The number of nitrogens with zero attached hydrogens (tertiary/aromatic N) is 1. The second-order valence-electron chi connectivity index (χ2n) is 5.82. The smallest absolute Gasteiger partial charge is 0.322 e. The highest BCUT2D eigenvalue weighted by Gasteiger charge is 2.29. The molecule has 1 unspecified atom stereocenters. The summed E-state index contributed by atoms with van der Waals surface area (Å²) < 4.78 is 0. The van der Waals surface area contributed by atoms with Gasteiger partial charge >= 0.3 is 6.03 Å². The zero-order valence-corrected chi connectivity index (χ0v) is 11.6. The summed E-state index contributed by atoms with van der Waals surface area (Å²) >= 11 is 0. The number of carbonyl (C=O) groups excluding carboxylic acids is 1. The van der Waals surface area contributed by atoms with Gasteiger partial charge in [-0.3, -0.25) is 4.90 Å². The van der Waals surface area contributed by atoms with E-state index in [1.54, 1.807) is 0 Å². The van der Waals surface area contributed by atoms with Crippen LogP contribution in [0.2, 0.25) is 0 Å². The lowest BCUT2D eigenvalue weighted by molar-refractivity contribution is 0.239. The van der Waals surface area contributed by atoms with Crippen molar-refractivity contribution in [2.45, 2.75) is 57.5 Å². The number of rotatable bonds is 1. The van der Waals surface area contributed by atoms with E-state index in [4.69, 9.17) is 0 Å². The number of aryl methyl sites for hydroxylation is 1. The molecule has 1 aliphatic heterocycles. The highest BCUT2D eigenvalue weighted by Crippen LogP contribution is 2.30. The van der Waals surface area contributed by atoms with E-state index in [9.17, 15) is 4.79 Å². The first-order valence-corrected chi connectivity index (χ1v) is 7.43. The molecule has 1 aromatic carbocycles. The Kier molecular flexibility index (Phi) is 3.45. The maximum Gasteiger partial charge on any atom is 0.322 e. The minimum Gasteiger partial charge on any atom is -0.335 e. The summed E-state index contributed by atoms with van der Waals surface area (Å²) in [4.78, 5) is 14.5. The van der Waals surface area contributed by atoms with Crippen molar-refractivity contribution in [2.24, 2.45) is 0 Å². The molecule has 1 aliphatic carbocycles. The van der Waals surface area contributed by atoms with E-state index in [-0.39, 0.29) is 12.1 Å². The Hall–Kier alpha value is -1.51. The molecule has 3 rings (SSSR count). The van der Waals surface area contributed by atoms with Crippen molar-refractivity contribution in [2.75, 3.05) is 4.90 Å². The van der Waals surface area contributed by atoms with E-state index in [1.165, 1.54) is 18.4 Å². The van der Waals surface area contributed by atoms with Crippen LogP contribution in [0.1, 0.15) is 44.6 Å². The van der Waals surface area contributed by atoms with Crippen LogP contribution in [-0.4, -0.2) is 18.1 Å². The van der Waals surface area contributed by atoms with Crippen LogP contribution in [-0.2, 0) is 6.42 Å². The van der Waals surface area contributed by atoms with Gasteiger partial charge in [0.15, 0.2) is 0 Å². The molecule has 19 heavy (non-hydrogen) atoms. The number of hydrogen-bond donors (Lipinski definition) is 1. The highest BCUT2D eigenvalue weighted by atomic mass is 16.2. The average molecular weight is 258 g/mol. The van der Waals surface area contributed by atoms with Crippen molar-refractivity contribution >= 4 is 11.7 Å². The lowest BCUT2D eigenvalue weighted by Crippen LogP contribution is -2.50. The van der Waals surface area contributed by atoms with E-state index in [0.717, 1.165) is 31.4 Å². The van der Waals surface area contributed by atoms with Gasteiger partial charge in [0, 0.05) is 17.8 Å². The van der Waals surface area contributed by atoms with E-state index < -0.39 is 0 Å². The molecule has 3 nitrogen and oxygen atoms in total. The van der Waals surface area contributed by atoms with Crippen LogP contribution in [0.4, 0.5) is 10.5 Å². The third kappa shape index (κ3) is 2.46. The first-order valence-electron chi connectivity index (χ1n) is 7.43. The molecule has 1 heterocycles. The maximum absolute atomic E-state index is 12.5. The molecule has 0 bridgehead atoms. The number of amides is 2.